The van der Waals surface area contributed by atoms with Crippen LogP contribution in [0.3, 0.4) is 0 Å². The molecule has 20 heavy (non-hydrogen) atoms. The zero-order valence-corrected chi connectivity index (χ0v) is 10.9. The van der Waals surface area contributed by atoms with Crippen LogP contribution in [0.1, 0.15) is 15.9 Å². The fraction of sp³-hybridized carbons (Fsp3) is 0.133. The van der Waals surface area contributed by atoms with E-state index in [2.05, 4.69) is 0 Å². The van der Waals surface area contributed by atoms with Gasteiger partial charge in [-0.1, -0.05) is 30.3 Å². The molecule has 0 saturated carbocycles. The van der Waals surface area contributed by atoms with Crippen LogP contribution in [0, 0.1) is 10.1 Å². The predicted octanol–water partition coefficient (Wildman–Crippen LogP) is 3.03. The Hall–Kier alpha value is -2.69. The lowest BCUT2D eigenvalue weighted by atomic mass is 10.0. The van der Waals surface area contributed by atoms with Gasteiger partial charge in [-0.05, 0) is 12.1 Å². The lowest BCUT2D eigenvalue weighted by Crippen LogP contribution is -2.06. The Balaban J connectivity index is 2.25. The Morgan fingerprint density at radius 3 is 2.65 bits per heavy atom. The van der Waals surface area contributed by atoms with E-state index in [1.54, 1.807) is 42.5 Å². The Morgan fingerprint density at radius 2 is 1.95 bits per heavy atom. The summed E-state index contributed by atoms with van der Waals surface area (Å²) in [5, 5.41) is 10.9. The molecule has 0 aliphatic rings. The van der Waals surface area contributed by atoms with Gasteiger partial charge >= 0.3 is 0 Å². The summed E-state index contributed by atoms with van der Waals surface area (Å²) in [5.41, 5.74) is 0.844. The van der Waals surface area contributed by atoms with Crippen molar-refractivity contribution in [2.24, 2.45) is 0 Å². The van der Waals surface area contributed by atoms with E-state index in [1.165, 1.54) is 13.2 Å². The number of ether oxygens (including phenoxy) is 1. The van der Waals surface area contributed by atoms with Gasteiger partial charge in [0.1, 0.15) is 5.75 Å². The molecule has 0 aliphatic heterocycles. The van der Waals surface area contributed by atoms with Crippen LogP contribution in [-0.4, -0.2) is 17.8 Å². The molecule has 0 spiro atoms. The molecule has 5 nitrogen and oxygen atoms in total. The maximum Gasteiger partial charge on any atom is 0.273 e. The van der Waals surface area contributed by atoms with Crippen LogP contribution in [0.5, 0.6) is 5.75 Å². The van der Waals surface area contributed by atoms with Gasteiger partial charge in [-0.15, -0.1) is 0 Å². The van der Waals surface area contributed by atoms with Gasteiger partial charge < -0.3 is 4.74 Å². The molecule has 0 radical (unpaired) electrons. The SMILES string of the molecule is COc1cccc(C(=O)Cc2ccccc2[N+](=O)[O-])c1. The van der Waals surface area contributed by atoms with Crippen LogP contribution in [0.25, 0.3) is 0 Å². The van der Waals surface area contributed by atoms with E-state index in [0.29, 0.717) is 16.9 Å². The first-order valence-electron chi connectivity index (χ1n) is 6.01. The van der Waals surface area contributed by atoms with Crippen LogP contribution in [0.2, 0.25) is 0 Å². The molecule has 0 atom stereocenters. The molecule has 5 heteroatoms. The average Bonchev–Trinajstić information content (AvgIpc) is 2.47. The van der Waals surface area contributed by atoms with Crippen molar-refractivity contribution in [2.45, 2.75) is 6.42 Å². The van der Waals surface area contributed by atoms with Gasteiger partial charge in [0.2, 0.25) is 0 Å². The van der Waals surface area contributed by atoms with Crippen molar-refractivity contribution in [1.29, 1.82) is 0 Å². The molecule has 0 bridgehead atoms. The normalized spacial score (nSPS) is 10.1. The number of Topliss-reactive ketones (excluding diaryl/α,β-unsaturated/α-hetero) is 1. The molecular formula is C15H13NO4. The van der Waals surface area contributed by atoms with E-state index in [-0.39, 0.29) is 17.9 Å². The van der Waals surface area contributed by atoms with Crippen molar-refractivity contribution in [2.75, 3.05) is 7.11 Å². The third kappa shape index (κ3) is 3.00. The summed E-state index contributed by atoms with van der Waals surface area (Å²) in [6.45, 7) is 0. The van der Waals surface area contributed by atoms with E-state index >= 15 is 0 Å². The lowest BCUT2D eigenvalue weighted by molar-refractivity contribution is -0.385. The minimum absolute atomic E-state index is 0.00960. The highest BCUT2D eigenvalue weighted by Gasteiger charge is 2.16. The molecule has 0 fully saturated rings. The number of hydrogen-bond acceptors (Lipinski definition) is 4. The fourth-order valence-corrected chi connectivity index (χ4v) is 1.91. The number of hydrogen-bond donors (Lipinski definition) is 0. The van der Waals surface area contributed by atoms with E-state index in [1.807, 2.05) is 0 Å². The van der Waals surface area contributed by atoms with Gasteiger partial charge in [0.25, 0.3) is 5.69 Å². The van der Waals surface area contributed by atoms with E-state index in [9.17, 15) is 14.9 Å². The molecule has 0 amide bonds. The molecule has 0 N–H and O–H groups in total. The zero-order valence-electron chi connectivity index (χ0n) is 10.9. The van der Waals surface area contributed by atoms with Gasteiger partial charge in [-0.2, -0.15) is 0 Å². The highest BCUT2D eigenvalue weighted by atomic mass is 16.6. The molecule has 2 aromatic carbocycles. The second-order valence-corrected chi connectivity index (χ2v) is 4.22. The molecular weight excluding hydrogens is 258 g/mol. The zero-order chi connectivity index (χ0) is 14.5. The summed E-state index contributed by atoms with van der Waals surface area (Å²) < 4.78 is 5.06. The minimum atomic E-state index is -0.478. The van der Waals surface area contributed by atoms with E-state index in [0.717, 1.165) is 0 Å². The van der Waals surface area contributed by atoms with E-state index in [4.69, 9.17) is 4.74 Å². The number of nitro benzene ring substituents is 1. The number of carbonyl (C=O) groups excluding carboxylic acids is 1. The number of nitro groups is 1. The number of rotatable bonds is 5. The predicted molar refractivity (Wildman–Crippen MR) is 74.1 cm³/mol. The largest absolute Gasteiger partial charge is 0.497 e. The van der Waals surface area contributed by atoms with Gasteiger partial charge in [-0.25, -0.2) is 0 Å². The van der Waals surface area contributed by atoms with Gasteiger partial charge in [0.05, 0.1) is 12.0 Å². The van der Waals surface area contributed by atoms with Crippen molar-refractivity contribution in [1.82, 2.24) is 0 Å². The quantitative estimate of drug-likeness (QED) is 0.476. The highest BCUT2D eigenvalue weighted by molar-refractivity contribution is 5.98. The summed E-state index contributed by atoms with van der Waals surface area (Å²) in [5.74, 6) is 0.400. The third-order valence-electron chi connectivity index (χ3n) is 2.93. The summed E-state index contributed by atoms with van der Waals surface area (Å²) in [6, 6.07) is 13.0. The van der Waals surface area contributed by atoms with E-state index < -0.39 is 4.92 Å². The van der Waals surface area contributed by atoms with Crippen molar-refractivity contribution in [3.8, 4) is 5.75 Å². The summed E-state index contributed by atoms with van der Waals surface area (Å²) >= 11 is 0. The van der Waals surface area contributed by atoms with Crippen LogP contribution in [0.15, 0.2) is 48.5 Å². The molecule has 0 heterocycles. The second-order valence-electron chi connectivity index (χ2n) is 4.22. The Bertz CT molecular complexity index is 652. The maximum absolute atomic E-state index is 12.2. The highest BCUT2D eigenvalue weighted by Crippen LogP contribution is 2.21. The molecule has 0 aromatic heterocycles. The molecule has 0 saturated heterocycles. The molecule has 0 aliphatic carbocycles. The van der Waals surface area contributed by atoms with Crippen LogP contribution in [0.4, 0.5) is 5.69 Å². The lowest BCUT2D eigenvalue weighted by Gasteiger charge is -2.05. The van der Waals surface area contributed by atoms with Crippen LogP contribution >= 0.6 is 0 Å². The Kier molecular flexibility index (Phi) is 4.10. The van der Waals surface area contributed by atoms with Crippen molar-refractivity contribution in [3.63, 3.8) is 0 Å². The first-order valence-corrected chi connectivity index (χ1v) is 6.01. The second kappa shape index (κ2) is 5.97. The minimum Gasteiger partial charge on any atom is -0.497 e. The monoisotopic (exact) mass is 271 g/mol. The average molecular weight is 271 g/mol. The standard InChI is InChI=1S/C15H13NO4/c1-20-13-7-4-6-12(9-13)15(17)10-11-5-2-3-8-14(11)16(18)19/h2-9H,10H2,1H3. The summed E-state index contributed by atoms with van der Waals surface area (Å²) in [7, 11) is 1.52. The van der Waals surface area contributed by atoms with Gasteiger partial charge in [0.15, 0.2) is 5.78 Å². The van der Waals surface area contributed by atoms with Crippen molar-refractivity contribution < 1.29 is 14.5 Å². The fourth-order valence-electron chi connectivity index (χ4n) is 1.91. The first kappa shape index (κ1) is 13.7. The molecule has 102 valence electrons. The molecule has 0 unspecified atom stereocenters. The van der Waals surface area contributed by atoms with Gasteiger partial charge in [0, 0.05) is 23.6 Å². The molecule has 2 aromatic rings. The third-order valence-corrected chi connectivity index (χ3v) is 2.93. The number of nitrogens with zero attached hydrogens (tertiary/aromatic N) is 1. The number of para-hydroxylation sites is 1. The Labute approximate surface area is 116 Å². The molecule has 2 rings (SSSR count). The van der Waals surface area contributed by atoms with Crippen LogP contribution < -0.4 is 4.74 Å². The van der Waals surface area contributed by atoms with Gasteiger partial charge in [-0.3, -0.25) is 14.9 Å². The van der Waals surface area contributed by atoms with Crippen molar-refractivity contribution >= 4 is 11.5 Å². The number of benzene rings is 2. The topological polar surface area (TPSA) is 69.4 Å². The first-order chi connectivity index (χ1) is 9.61. The maximum atomic E-state index is 12.2. The van der Waals surface area contributed by atoms with Crippen LogP contribution in [-0.2, 0) is 6.42 Å². The van der Waals surface area contributed by atoms with Crippen molar-refractivity contribution in [3.05, 3.63) is 69.8 Å². The summed E-state index contributed by atoms with van der Waals surface area (Å²) in [4.78, 5) is 22.6. The number of ketones is 1. The smallest absolute Gasteiger partial charge is 0.273 e. The number of carbonyl (C=O) groups is 1. The number of methoxy groups -OCH3 is 1. The summed E-state index contributed by atoms with van der Waals surface area (Å²) in [6.07, 6.45) is -0.00960. The Morgan fingerprint density at radius 1 is 1.20 bits per heavy atom.